The van der Waals surface area contributed by atoms with Crippen molar-refractivity contribution >= 4 is 46.7 Å². The van der Waals surface area contributed by atoms with Gasteiger partial charge in [0.05, 0.1) is 19.3 Å². The molecule has 3 rings (SSSR count). The van der Waals surface area contributed by atoms with Gasteiger partial charge >= 0.3 is 7.12 Å². The Morgan fingerprint density at radius 3 is 2.18 bits per heavy atom. The summed E-state index contributed by atoms with van der Waals surface area (Å²) in [6, 6.07) is 4.47. The van der Waals surface area contributed by atoms with Gasteiger partial charge in [-0.25, -0.2) is 4.98 Å². The molecule has 1 saturated heterocycles. The lowest BCUT2D eigenvalue weighted by molar-refractivity contribution is 0.00578. The summed E-state index contributed by atoms with van der Waals surface area (Å²) in [5.41, 5.74) is 0.376. The first-order valence-corrected chi connectivity index (χ1v) is 12.1. The summed E-state index contributed by atoms with van der Waals surface area (Å²) in [6.07, 6.45) is 1.90. The maximum absolute atomic E-state index is 6.12. The van der Waals surface area contributed by atoms with Gasteiger partial charge in [-0.2, -0.15) is 0 Å². The predicted octanol–water partition coefficient (Wildman–Crippen LogP) is 3.14. The average Bonchev–Trinajstić information content (AvgIpc) is 2.87. The number of hydrogen-bond acceptors (Lipinski definition) is 4. The molecule has 0 amide bonds. The first kappa shape index (κ1) is 16.2. The second-order valence-corrected chi connectivity index (χ2v) is 14.5. The van der Waals surface area contributed by atoms with Gasteiger partial charge in [0.2, 0.25) is 0 Å². The number of fused-ring (bicyclic) bond motifs is 1. The highest BCUT2D eigenvalue weighted by molar-refractivity contribution is 7.31. The molecule has 0 aliphatic carbocycles. The Bertz CT molecular complexity index is 704. The van der Waals surface area contributed by atoms with Gasteiger partial charge < -0.3 is 9.31 Å². The fourth-order valence-corrected chi connectivity index (χ4v) is 5.27. The van der Waals surface area contributed by atoms with Crippen LogP contribution in [0.1, 0.15) is 27.7 Å². The van der Waals surface area contributed by atoms with E-state index >= 15 is 0 Å². The molecule has 3 heterocycles. The fourth-order valence-electron chi connectivity index (χ4n) is 2.43. The quantitative estimate of drug-likeness (QED) is 0.791. The molecule has 0 N–H and O–H groups in total. The van der Waals surface area contributed by atoms with E-state index in [4.69, 9.17) is 9.31 Å². The van der Waals surface area contributed by atoms with Crippen LogP contribution in [0, 0.1) is 0 Å². The molecule has 22 heavy (non-hydrogen) atoms. The monoisotopic (exact) mass is 333 g/mol. The number of hydrogen-bond donors (Lipinski definition) is 0. The zero-order chi connectivity index (χ0) is 16.3. The largest absolute Gasteiger partial charge is 0.496 e. The maximum Gasteiger partial charge on any atom is 0.496 e. The standard InChI is InChI=1S/C16H24BNO2SSi/c1-15(2)16(3,4)20-17(19-15)12-8-11-9-13(22(5,6)7)21-14(11)18-10-12/h8-10H,1-7H3. The van der Waals surface area contributed by atoms with Gasteiger partial charge in [-0.15, -0.1) is 11.3 Å². The average molecular weight is 333 g/mol. The smallest absolute Gasteiger partial charge is 0.399 e. The minimum Gasteiger partial charge on any atom is -0.399 e. The van der Waals surface area contributed by atoms with Crippen molar-refractivity contribution in [2.45, 2.75) is 58.5 Å². The minimum absolute atomic E-state index is 0.315. The van der Waals surface area contributed by atoms with E-state index in [9.17, 15) is 0 Å². The molecule has 2 aromatic heterocycles. The van der Waals surface area contributed by atoms with Crippen molar-refractivity contribution < 1.29 is 9.31 Å². The summed E-state index contributed by atoms with van der Waals surface area (Å²) in [6.45, 7) is 15.4. The molecule has 1 aliphatic heterocycles. The summed E-state index contributed by atoms with van der Waals surface area (Å²) in [5.74, 6) is 0. The summed E-state index contributed by atoms with van der Waals surface area (Å²) in [7, 11) is -1.63. The summed E-state index contributed by atoms with van der Waals surface area (Å²) in [4.78, 5) is 5.75. The Morgan fingerprint density at radius 1 is 1.05 bits per heavy atom. The minimum atomic E-state index is -1.30. The molecule has 0 atom stereocenters. The molecular weight excluding hydrogens is 309 g/mol. The van der Waals surface area contributed by atoms with E-state index in [2.05, 4.69) is 64.5 Å². The first-order chi connectivity index (χ1) is 9.99. The van der Waals surface area contributed by atoms with Crippen molar-refractivity contribution in [1.82, 2.24) is 4.98 Å². The van der Waals surface area contributed by atoms with Crippen LogP contribution in [-0.2, 0) is 9.31 Å². The highest BCUT2D eigenvalue weighted by Gasteiger charge is 2.51. The summed E-state index contributed by atoms with van der Waals surface area (Å²) in [5, 5.41) is 1.20. The highest BCUT2D eigenvalue weighted by atomic mass is 32.1. The maximum atomic E-state index is 6.12. The van der Waals surface area contributed by atoms with E-state index in [1.807, 2.05) is 17.5 Å². The van der Waals surface area contributed by atoms with Gasteiger partial charge in [0.1, 0.15) is 4.83 Å². The molecule has 0 saturated carbocycles. The lowest BCUT2D eigenvalue weighted by Gasteiger charge is -2.32. The molecule has 1 fully saturated rings. The third kappa shape index (κ3) is 2.66. The lowest BCUT2D eigenvalue weighted by atomic mass is 9.80. The molecule has 118 valence electrons. The van der Waals surface area contributed by atoms with Crippen LogP contribution in [0.4, 0.5) is 0 Å². The number of nitrogens with zero attached hydrogens (tertiary/aromatic N) is 1. The van der Waals surface area contributed by atoms with Gasteiger partial charge in [-0.1, -0.05) is 25.7 Å². The van der Waals surface area contributed by atoms with E-state index in [0.717, 1.165) is 10.3 Å². The SMILES string of the molecule is CC1(C)OB(c2cnc3sc([Si](C)(C)C)cc3c2)OC1(C)C. The van der Waals surface area contributed by atoms with Gasteiger partial charge in [-0.05, 0) is 38.3 Å². The Morgan fingerprint density at radius 2 is 1.64 bits per heavy atom. The molecule has 2 aromatic rings. The molecule has 0 aromatic carbocycles. The van der Waals surface area contributed by atoms with Crippen LogP contribution in [0.15, 0.2) is 18.3 Å². The summed E-state index contributed by atoms with van der Waals surface area (Å²) < 4.78 is 13.7. The third-order valence-corrected chi connectivity index (χ3v) is 9.30. The van der Waals surface area contributed by atoms with E-state index < -0.39 is 8.07 Å². The number of thiophene rings is 1. The van der Waals surface area contributed by atoms with Crippen LogP contribution in [0.5, 0.6) is 0 Å². The molecule has 0 radical (unpaired) electrons. The predicted molar refractivity (Wildman–Crippen MR) is 98.3 cm³/mol. The molecule has 0 unspecified atom stereocenters. The highest BCUT2D eigenvalue weighted by Crippen LogP contribution is 2.36. The molecule has 6 heteroatoms. The molecule has 1 aliphatic rings. The van der Waals surface area contributed by atoms with Crippen molar-refractivity contribution in [2.75, 3.05) is 0 Å². The number of rotatable bonds is 2. The van der Waals surface area contributed by atoms with Crippen LogP contribution in [0.2, 0.25) is 19.6 Å². The van der Waals surface area contributed by atoms with E-state index in [1.54, 1.807) is 0 Å². The van der Waals surface area contributed by atoms with Crippen LogP contribution >= 0.6 is 11.3 Å². The first-order valence-electron chi connectivity index (χ1n) is 7.75. The van der Waals surface area contributed by atoms with Crippen molar-refractivity contribution in [3.05, 3.63) is 18.3 Å². The second-order valence-electron chi connectivity index (χ2n) is 8.11. The van der Waals surface area contributed by atoms with Crippen LogP contribution < -0.4 is 9.96 Å². The van der Waals surface area contributed by atoms with E-state index in [1.165, 1.54) is 9.89 Å². The van der Waals surface area contributed by atoms with Crippen LogP contribution in [0.25, 0.3) is 10.2 Å². The topological polar surface area (TPSA) is 31.4 Å². The Balaban J connectivity index is 1.97. The van der Waals surface area contributed by atoms with Gasteiger partial charge in [0.15, 0.2) is 0 Å². The fraction of sp³-hybridized carbons (Fsp3) is 0.562. The van der Waals surface area contributed by atoms with Gasteiger partial charge in [0, 0.05) is 17.0 Å². The van der Waals surface area contributed by atoms with Gasteiger partial charge in [0.25, 0.3) is 0 Å². The third-order valence-electron chi connectivity index (χ3n) is 4.66. The molecular formula is C16H24BNO2SSi. The van der Waals surface area contributed by atoms with Crippen molar-refractivity contribution in [3.63, 3.8) is 0 Å². The molecule has 3 nitrogen and oxygen atoms in total. The van der Waals surface area contributed by atoms with Crippen LogP contribution in [-0.4, -0.2) is 31.4 Å². The van der Waals surface area contributed by atoms with Gasteiger partial charge in [-0.3, -0.25) is 0 Å². The van der Waals surface area contributed by atoms with Crippen molar-refractivity contribution in [2.24, 2.45) is 0 Å². The summed E-state index contributed by atoms with van der Waals surface area (Å²) >= 11 is 1.82. The Labute approximate surface area is 138 Å². The van der Waals surface area contributed by atoms with E-state index in [-0.39, 0.29) is 18.3 Å². The zero-order valence-corrected chi connectivity index (χ0v) is 16.3. The van der Waals surface area contributed by atoms with Crippen molar-refractivity contribution in [1.29, 1.82) is 0 Å². The normalized spacial score (nSPS) is 20.8. The van der Waals surface area contributed by atoms with E-state index in [0.29, 0.717) is 0 Å². The second kappa shape index (κ2) is 4.90. The Kier molecular flexibility index (Phi) is 3.60. The molecule has 0 spiro atoms. The molecule has 0 bridgehead atoms. The van der Waals surface area contributed by atoms with Crippen LogP contribution in [0.3, 0.4) is 0 Å². The number of pyridine rings is 1. The lowest BCUT2D eigenvalue weighted by Crippen LogP contribution is -2.41. The number of aromatic nitrogens is 1. The van der Waals surface area contributed by atoms with Crippen molar-refractivity contribution in [3.8, 4) is 0 Å². The Hall–Kier alpha value is -0.688. The zero-order valence-electron chi connectivity index (χ0n) is 14.5.